The van der Waals surface area contributed by atoms with Crippen molar-refractivity contribution in [2.75, 3.05) is 0 Å². The summed E-state index contributed by atoms with van der Waals surface area (Å²) in [5.41, 5.74) is 41.3. The van der Waals surface area contributed by atoms with Crippen molar-refractivity contribution in [3.63, 3.8) is 0 Å². The van der Waals surface area contributed by atoms with Crippen LogP contribution in [0.5, 0.6) is 0 Å². The molecule has 6 fully saturated rings. The second-order valence-electron chi connectivity index (χ2n) is 52.3. The van der Waals surface area contributed by atoms with E-state index in [2.05, 4.69) is 112 Å². The molecule has 6 saturated carbocycles. The van der Waals surface area contributed by atoms with Gasteiger partial charge in [0.05, 0.1) is 0 Å². The Hall–Kier alpha value is -8.22. The van der Waals surface area contributed by atoms with Crippen LogP contribution < -0.4 is 15.7 Å². The SMILES string of the molecule is C1=c2cc3c4c2c2c5c6c7c(cc8c7c7c9c(cc%10c%11c%12c(cc(c%13c4c4c2c6c7c(c%119)c4c%12%13)C3)C%10)C8)C2CCCCC152.CC12CCC(C)(CC1)C13C=c4cc5c6c4c4c1c1c7c(cc8c7c7c9c(cc%10c%11c%12c(cc(c%13c6c6c4c1c7c(c%119)c6c%12%13)C5)C%10)C8)C23.CC12CCC(C1)C1c3cc4c5c3c3c6c7c8c(cc9c8c8c%10c(cc%11c%12c%13c(cc(c%14c5c5c3c7c8c(c%12%10)c5c%13%14)C4)C%11)C9)=CC612.[Ar].[Ar].[Ar].[Ar]. The summed E-state index contributed by atoms with van der Waals surface area (Å²) in [5, 5.41) is 105. The molecule has 0 aromatic heterocycles. The molecule has 3 spiro atoms. The van der Waals surface area contributed by atoms with Crippen LogP contribution in [0.25, 0.3) is 341 Å². The molecule has 0 N–H and O–H groups in total. The second-order valence-corrected chi connectivity index (χ2v) is 52.3. The average molecular weight is 1850 g/mol. The van der Waals surface area contributed by atoms with E-state index in [-0.39, 0.29) is 167 Å². The molecule has 0 aliphatic heterocycles. The molecule has 21 aliphatic carbocycles. The van der Waals surface area contributed by atoms with E-state index in [1.807, 2.05) is 11.1 Å². The van der Waals surface area contributed by atoms with Gasteiger partial charge in [0.2, 0.25) is 0 Å². The predicted molar refractivity (Wildman–Crippen MR) is 562 cm³/mol. The fourth-order valence-electron chi connectivity index (χ4n) is 46.5. The standard InChI is InChI=1S/C47H26.C45H22.C43H20.4Ar/c1-45-3-5-46(2,6-4-45)47-14-21-12-19-10-17-8-15-7-16-9-18-11-20-13-22(44(45)47)30-26(20)34-28(18)32-24(16)23(15)31-27(17)33-25(19)29(21)41-39-37(33)35(31)36(32)38(34)40(39)42(30)43(41)47;1-44-3-2-13(11-44)42-21-10-19-8-17-6-15-4-14-5-16-7-18-9-20-12-45(42,44)43-40-28(20)24(18)32-26(16)30-22(14)23(15)31-27(17)33-25(19)29(21)41(43)39-37(33)35(31)34(30)36(32)38(39)40;1-2-4-43-12-19-10-17-8-15-6-13-5-14-7-16-9-18-11-20(21(43)3-1)29-25(18)33-27(16)31-23(14)22(13)30-26(15)32-24(17)28(19)40-38-36(32)34(30)35(31)37(33)39(38)41(29)42(40)43;;;;/h8-9,12-14,44H,3-7,10-11H2,1-2H3;5-6,9-10,12-13,42H,2-4,7-8,11H2,1H3;6-7,10-12,21H,1-5,8-9H2;;;;. The van der Waals surface area contributed by atoms with E-state index in [9.17, 15) is 0 Å². The Bertz CT molecular complexity index is 12800. The molecule has 33 aromatic carbocycles. The predicted octanol–water partition coefficient (Wildman–Crippen LogP) is 31.2. The van der Waals surface area contributed by atoms with E-state index in [0.717, 1.165) is 63.7 Å². The molecule has 0 saturated heterocycles. The van der Waals surface area contributed by atoms with Crippen molar-refractivity contribution in [2.45, 2.75) is 183 Å². The molecule has 33 aromatic rings. The molecule has 139 heavy (non-hydrogen) atoms. The Morgan fingerprint density at radius 1 is 0.201 bits per heavy atom. The van der Waals surface area contributed by atoms with Crippen LogP contribution in [0.1, 0.15) is 243 Å². The average Bonchev–Trinajstić information content (AvgIpc) is 1.43. The van der Waals surface area contributed by atoms with E-state index in [4.69, 9.17) is 0 Å². The third-order valence-corrected chi connectivity index (χ3v) is 49.1. The number of hydrogen-bond donors (Lipinski definition) is 0. The van der Waals surface area contributed by atoms with Crippen molar-refractivity contribution in [1.82, 2.24) is 0 Å². The second kappa shape index (κ2) is 19.1. The number of fused-ring (bicyclic) bond motifs is 7. The van der Waals surface area contributed by atoms with Gasteiger partial charge >= 0.3 is 0 Å². The van der Waals surface area contributed by atoms with Crippen LogP contribution in [0.3, 0.4) is 0 Å². The maximum Gasteiger partial charge on any atom is 0.0281 e. The summed E-state index contributed by atoms with van der Waals surface area (Å²) in [6, 6.07) is 32.6. The molecule has 8 atom stereocenters. The van der Waals surface area contributed by atoms with Gasteiger partial charge in [0.25, 0.3) is 0 Å². The third kappa shape index (κ3) is 5.52. The summed E-state index contributed by atoms with van der Waals surface area (Å²) in [4.78, 5) is 0. The van der Waals surface area contributed by atoms with Crippen LogP contribution in [-0.2, 0) is 74.0 Å². The molecule has 4 bridgehead atoms. The molecule has 8 unspecified atom stereocenters. The molecule has 0 radical (unpaired) electrons. The van der Waals surface area contributed by atoms with Crippen molar-refractivity contribution in [1.29, 1.82) is 0 Å². The first-order valence-corrected chi connectivity index (χ1v) is 53.1. The molecular weight excluding hydrogens is 1780 g/mol. The topological polar surface area (TPSA) is 0 Å². The molecule has 54 rings (SSSR count). The van der Waals surface area contributed by atoms with Gasteiger partial charge in [-0.25, -0.2) is 0 Å². The summed E-state index contributed by atoms with van der Waals surface area (Å²) in [7, 11) is 0. The zero-order valence-electron chi connectivity index (χ0n) is 76.0. The third-order valence-electron chi connectivity index (χ3n) is 49.1. The molecule has 0 amide bonds. The van der Waals surface area contributed by atoms with E-state index >= 15 is 0 Å². The van der Waals surface area contributed by atoms with Gasteiger partial charge in [0.1, 0.15) is 0 Å². The van der Waals surface area contributed by atoms with Crippen molar-refractivity contribution in [2.24, 2.45) is 22.2 Å². The van der Waals surface area contributed by atoms with Crippen molar-refractivity contribution in [3.05, 3.63) is 222 Å². The largest absolute Gasteiger partial charge is 0.0653 e. The van der Waals surface area contributed by atoms with E-state index in [0.29, 0.717) is 34.0 Å². The molecular formula is C135H68Ar4. The minimum Gasteiger partial charge on any atom is -0.0653 e. The fourth-order valence-corrected chi connectivity index (χ4v) is 46.5. The first-order valence-electron chi connectivity index (χ1n) is 53.1. The van der Waals surface area contributed by atoms with Gasteiger partial charge in [0.15, 0.2) is 0 Å². The van der Waals surface area contributed by atoms with Crippen LogP contribution in [0.15, 0.2) is 72.8 Å². The minimum atomic E-state index is 0. The zero-order valence-corrected chi connectivity index (χ0v) is 78.9. The maximum absolute atomic E-state index is 2.96. The smallest absolute Gasteiger partial charge is 0.0281 e. The zero-order chi connectivity index (χ0) is 83.3. The van der Waals surface area contributed by atoms with Crippen molar-refractivity contribution >= 4 is 341 Å². The monoisotopic (exact) mass is 1850 g/mol. The Morgan fingerprint density at radius 3 is 0.856 bits per heavy atom. The van der Waals surface area contributed by atoms with Gasteiger partial charge < -0.3 is 0 Å². The van der Waals surface area contributed by atoms with Crippen LogP contribution >= 0.6 is 0 Å². The van der Waals surface area contributed by atoms with Gasteiger partial charge in [-0.1, -0.05) is 125 Å². The Kier molecular flexibility index (Phi) is 9.68. The summed E-state index contributed by atoms with van der Waals surface area (Å²) in [6.45, 7) is 8.19. The molecule has 640 valence electrons. The fraction of sp³-hybridized carbons (Fsp3) is 0.244. The minimum absolute atomic E-state index is 0. The van der Waals surface area contributed by atoms with Gasteiger partial charge in [-0.2, -0.15) is 0 Å². The summed E-state index contributed by atoms with van der Waals surface area (Å²) >= 11 is 0. The molecule has 0 nitrogen and oxygen atoms in total. The Morgan fingerprint density at radius 2 is 0.468 bits per heavy atom. The van der Waals surface area contributed by atoms with E-state index < -0.39 is 0 Å². The van der Waals surface area contributed by atoms with E-state index in [1.54, 1.807) is 461 Å². The molecule has 4 heteroatoms. The Balaban J connectivity index is 0.0000000759. The normalized spacial score (nSPS) is 27.2. The van der Waals surface area contributed by atoms with E-state index in [1.165, 1.54) is 70.6 Å². The van der Waals surface area contributed by atoms with Crippen molar-refractivity contribution in [3.8, 4) is 0 Å². The molecule has 21 aliphatic rings. The summed E-state index contributed by atoms with van der Waals surface area (Å²) < 4.78 is 0. The summed E-state index contributed by atoms with van der Waals surface area (Å²) in [6.07, 6.45) is 33.9. The molecule has 0 heterocycles. The summed E-state index contributed by atoms with van der Waals surface area (Å²) in [5.74, 6) is 2.64. The first-order chi connectivity index (χ1) is 66.5. The maximum atomic E-state index is 2.96. The van der Waals surface area contributed by atoms with Gasteiger partial charge in [-0.3, -0.25) is 0 Å². The van der Waals surface area contributed by atoms with Gasteiger partial charge in [-0.05, 0) is 616 Å². The Labute approximate surface area is 907 Å². The van der Waals surface area contributed by atoms with Crippen LogP contribution in [0, 0.1) is 173 Å². The van der Waals surface area contributed by atoms with Gasteiger partial charge in [-0.15, -0.1) is 0 Å². The number of benzene rings is 18. The van der Waals surface area contributed by atoms with Gasteiger partial charge in [0, 0.05) is 179 Å². The van der Waals surface area contributed by atoms with Crippen molar-refractivity contribution < 1.29 is 151 Å². The van der Waals surface area contributed by atoms with Crippen LogP contribution in [0.2, 0.25) is 0 Å². The number of rotatable bonds is 0. The number of hydrogen-bond acceptors (Lipinski definition) is 0. The first kappa shape index (κ1) is 70.5. The quantitative estimate of drug-likeness (QED) is 0.133. The van der Waals surface area contributed by atoms with Crippen LogP contribution in [0.4, 0.5) is 0 Å². The van der Waals surface area contributed by atoms with Crippen LogP contribution in [-0.4, -0.2) is 0 Å².